The van der Waals surface area contributed by atoms with Gasteiger partial charge in [-0.25, -0.2) is 0 Å². The highest BCUT2D eigenvalue weighted by molar-refractivity contribution is 9.11. The average Bonchev–Trinajstić information content (AvgIpc) is 2.48. The van der Waals surface area contributed by atoms with E-state index < -0.39 is 11.8 Å². The van der Waals surface area contributed by atoms with Gasteiger partial charge in [-0.15, -0.1) is 11.3 Å². The van der Waals surface area contributed by atoms with Crippen molar-refractivity contribution in [3.8, 4) is 0 Å². The Kier molecular flexibility index (Phi) is 4.91. The van der Waals surface area contributed by atoms with Crippen molar-refractivity contribution in [3.05, 3.63) is 20.8 Å². The number of hydrogen-bond acceptors (Lipinski definition) is 4. The van der Waals surface area contributed by atoms with E-state index in [1.165, 1.54) is 0 Å². The zero-order chi connectivity index (χ0) is 12.1. The second kappa shape index (κ2) is 5.97. The number of primary amides is 2. The number of thiophene rings is 1. The first-order chi connectivity index (χ1) is 7.47. The van der Waals surface area contributed by atoms with Gasteiger partial charge >= 0.3 is 0 Å². The number of nitrogens with two attached hydrogens (primary N) is 2. The zero-order valence-electron chi connectivity index (χ0n) is 8.48. The molecule has 0 saturated heterocycles. The van der Waals surface area contributed by atoms with E-state index in [-0.39, 0.29) is 13.1 Å². The van der Waals surface area contributed by atoms with Crippen LogP contribution in [0.25, 0.3) is 0 Å². The summed E-state index contributed by atoms with van der Waals surface area (Å²) in [5.74, 6) is -0.950. The lowest BCUT2D eigenvalue weighted by Gasteiger charge is -2.17. The highest BCUT2D eigenvalue weighted by atomic mass is 79.9. The number of carbonyl (C=O) groups is 2. The maximum Gasteiger partial charge on any atom is 0.231 e. The predicted molar refractivity (Wildman–Crippen MR) is 65.7 cm³/mol. The Morgan fingerprint density at radius 1 is 1.25 bits per heavy atom. The van der Waals surface area contributed by atoms with Crippen LogP contribution in [0.2, 0.25) is 0 Å². The van der Waals surface area contributed by atoms with Crippen molar-refractivity contribution < 1.29 is 9.59 Å². The highest BCUT2D eigenvalue weighted by Crippen LogP contribution is 2.23. The van der Waals surface area contributed by atoms with Crippen molar-refractivity contribution in [2.24, 2.45) is 11.5 Å². The molecule has 1 rings (SSSR count). The summed E-state index contributed by atoms with van der Waals surface area (Å²) in [6, 6.07) is 3.83. The number of hydrogen-bond donors (Lipinski definition) is 2. The standard InChI is InChI=1S/C9H12BrN3O2S/c10-7-2-1-6(16-7)3-13(4-8(11)14)5-9(12)15/h1-2H,3-5H2,(H2,11,14)(H2,12,15). The van der Waals surface area contributed by atoms with Crippen LogP contribution in [0.15, 0.2) is 15.9 Å². The van der Waals surface area contributed by atoms with Crippen molar-refractivity contribution >= 4 is 39.1 Å². The fourth-order valence-corrected chi connectivity index (χ4v) is 2.79. The Balaban J connectivity index is 2.62. The second-order valence-electron chi connectivity index (χ2n) is 3.28. The van der Waals surface area contributed by atoms with Crippen molar-refractivity contribution in [1.82, 2.24) is 4.90 Å². The fourth-order valence-electron chi connectivity index (χ4n) is 1.27. The molecule has 7 heteroatoms. The van der Waals surface area contributed by atoms with Gasteiger partial charge in [-0.05, 0) is 28.1 Å². The first-order valence-corrected chi connectivity index (χ1v) is 6.11. The fraction of sp³-hybridized carbons (Fsp3) is 0.333. The number of carbonyl (C=O) groups excluding carboxylic acids is 2. The third-order valence-electron chi connectivity index (χ3n) is 1.77. The van der Waals surface area contributed by atoms with Crippen LogP contribution in [0.5, 0.6) is 0 Å². The summed E-state index contributed by atoms with van der Waals surface area (Å²) in [7, 11) is 0. The van der Waals surface area contributed by atoms with Gasteiger partial charge in [0.05, 0.1) is 16.9 Å². The average molecular weight is 306 g/mol. The van der Waals surface area contributed by atoms with E-state index >= 15 is 0 Å². The Morgan fingerprint density at radius 2 is 1.81 bits per heavy atom. The number of nitrogens with zero attached hydrogens (tertiary/aromatic N) is 1. The lowest BCUT2D eigenvalue weighted by molar-refractivity contribution is -0.122. The van der Waals surface area contributed by atoms with Crippen molar-refractivity contribution in [1.29, 1.82) is 0 Å². The summed E-state index contributed by atoms with van der Waals surface area (Å²) in [6.45, 7) is 0.541. The normalized spacial score (nSPS) is 10.6. The number of amides is 2. The monoisotopic (exact) mass is 305 g/mol. The molecule has 0 aliphatic heterocycles. The van der Waals surface area contributed by atoms with Crippen molar-refractivity contribution in [2.75, 3.05) is 13.1 Å². The van der Waals surface area contributed by atoms with Crippen LogP contribution < -0.4 is 11.5 Å². The van der Waals surface area contributed by atoms with Crippen LogP contribution in [0.4, 0.5) is 0 Å². The molecule has 0 aliphatic rings. The molecule has 1 aromatic rings. The minimum absolute atomic E-state index is 0.0262. The molecule has 2 amide bonds. The van der Waals surface area contributed by atoms with Crippen LogP contribution in [-0.2, 0) is 16.1 Å². The summed E-state index contributed by atoms with van der Waals surface area (Å²) in [5, 5.41) is 0. The Bertz CT molecular complexity index is 378. The van der Waals surface area contributed by atoms with Gasteiger partial charge in [-0.2, -0.15) is 0 Å². The van der Waals surface area contributed by atoms with E-state index in [0.717, 1.165) is 8.66 Å². The topological polar surface area (TPSA) is 89.4 Å². The second-order valence-corrected chi connectivity index (χ2v) is 5.83. The molecule has 88 valence electrons. The number of halogens is 1. The third-order valence-corrected chi connectivity index (χ3v) is 3.38. The predicted octanol–water partition coefficient (Wildman–Crippen LogP) is 0.283. The molecule has 0 aliphatic carbocycles. The Morgan fingerprint density at radius 3 is 2.19 bits per heavy atom. The van der Waals surface area contributed by atoms with Gasteiger partial charge in [0.1, 0.15) is 0 Å². The minimum Gasteiger partial charge on any atom is -0.369 e. The first kappa shape index (κ1) is 13.1. The van der Waals surface area contributed by atoms with Gasteiger partial charge in [0, 0.05) is 11.4 Å². The largest absolute Gasteiger partial charge is 0.369 e. The van der Waals surface area contributed by atoms with Crippen LogP contribution in [0, 0.1) is 0 Å². The molecule has 1 aromatic heterocycles. The van der Waals surface area contributed by atoms with Crippen LogP contribution >= 0.6 is 27.3 Å². The van der Waals surface area contributed by atoms with Gasteiger partial charge < -0.3 is 11.5 Å². The molecule has 5 nitrogen and oxygen atoms in total. The molecule has 1 heterocycles. The summed E-state index contributed by atoms with van der Waals surface area (Å²) in [6.07, 6.45) is 0. The molecule has 0 aromatic carbocycles. The first-order valence-electron chi connectivity index (χ1n) is 4.50. The van der Waals surface area contributed by atoms with Crippen molar-refractivity contribution in [3.63, 3.8) is 0 Å². The van der Waals surface area contributed by atoms with E-state index in [1.54, 1.807) is 16.2 Å². The Labute approximate surface area is 106 Å². The zero-order valence-corrected chi connectivity index (χ0v) is 10.9. The molecule has 0 radical (unpaired) electrons. The summed E-state index contributed by atoms with van der Waals surface area (Å²) in [4.78, 5) is 24.3. The van der Waals surface area contributed by atoms with Gasteiger partial charge in [0.15, 0.2) is 0 Å². The van der Waals surface area contributed by atoms with Gasteiger partial charge in [0.25, 0.3) is 0 Å². The van der Waals surface area contributed by atoms with E-state index in [0.29, 0.717) is 6.54 Å². The highest BCUT2D eigenvalue weighted by Gasteiger charge is 2.12. The molecule has 0 atom stereocenters. The maximum absolute atomic E-state index is 10.8. The maximum atomic E-state index is 10.8. The molecule has 4 N–H and O–H groups in total. The Hall–Kier alpha value is -0.920. The molecular formula is C9H12BrN3O2S. The van der Waals surface area contributed by atoms with Crippen molar-refractivity contribution in [2.45, 2.75) is 6.54 Å². The SMILES string of the molecule is NC(=O)CN(CC(N)=O)Cc1ccc(Br)s1. The van der Waals surface area contributed by atoms with Crippen LogP contribution in [0.1, 0.15) is 4.88 Å². The molecule has 0 spiro atoms. The third kappa shape index (κ3) is 4.73. The molecular weight excluding hydrogens is 294 g/mol. The quantitative estimate of drug-likeness (QED) is 0.791. The van der Waals surface area contributed by atoms with Crippen LogP contribution in [-0.4, -0.2) is 29.8 Å². The molecule has 0 fully saturated rings. The minimum atomic E-state index is -0.475. The van der Waals surface area contributed by atoms with E-state index in [2.05, 4.69) is 15.9 Å². The van der Waals surface area contributed by atoms with E-state index in [9.17, 15) is 9.59 Å². The lowest BCUT2D eigenvalue weighted by Crippen LogP contribution is -2.38. The smallest absolute Gasteiger partial charge is 0.231 e. The van der Waals surface area contributed by atoms with E-state index in [4.69, 9.17) is 11.5 Å². The lowest BCUT2D eigenvalue weighted by atomic mass is 10.4. The van der Waals surface area contributed by atoms with Crippen LogP contribution in [0.3, 0.4) is 0 Å². The number of rotatable bonds is 6. The van der Waals surface area contributed by atoms with Gasteiger partial charge in [-0.1, -0.05) is 0 Å². The molecule has 0 saturated carbocycles. The summed E-state index contributed by atoms with van der Waals surface area (Å²) < 4.78 is 1.00. The molecule has 0 bridgehead atoms. The van der Waals surface area contributed by atoms with Gasteiger partial charge in [-0.3, -0.25) is 14.5 Å². The summed E-state index contributed by atoms with van der Waals surface area (Å²) >= 11 is 4.88. The van der Waals surface area contributed by atoms with Gasteiger partial charge in [0.2, 0.25) is 11.8 Å². The molecule has 16 heavy (non-hydrogen) atoms. The summed E-state index contributed by atoms with van der Waals surface area (Å²) in [5.41, 5.74) is 10.2. The molecule has 0 unspecified atom stereocenters. The van der Waals surface area contributed by atoms with E-state index in [1.807, 2.05) is 12.1 Å².